The summed E-state index contributed by atoms with van der Waals surface area (Å²) in [6.45, 7) is 0.505. The molecule has 3 fully saturated rings. The van der Waals surface area contributed by atoms with Crippen LogP contribution in [-0.4, -0.2) is 29.3 Å². The number of hydrogen-bond acceptors (Lipinski definition) is 3. The van der Waals surface area contributed by atoms with Crippen molar-refractivity contribution in [3.63, 3.8) is 0 Å². The number of nitrogens with one attached hydrogen (secondary N) is 1. The molecule has 2 aromatic rings. The highest BCUT2D eigenvalue weighted by Gasteiger charge is 2.65. The van der Waals surface area contributed by atoms with Crippen LogP contribution in [0.1, 0.15) is 18.4 Å². The number of rotatable bonds is 5. The molecule has 2 aromatic carbocycles. The lowest BCUT2D eigenvalue weighted by Gasteiger charge is -2.24. The fourth-order valence-corrected chi connectivity index (χ4v) is 5.59. The van der Waals surface area contributed by atoms with E-state index in [-0.39, 0.29) is 41.5 Å². The summed E-state index contributed by atoms with van der Waals surface area (Å²) < 4.78 is 0. The Labute approximate surface area is 159 Å². The van der Waals surface area contributed by atoms with Crippen LogP contribution in [0.3, 0.4) is 0 Å². The third kappa shape index (κ3) is 2.66. The topological polar surface area (TPSA) is 49.4 Å². The van der Waals surface area contributed by atoms with Gasteiger partial charge in [-0.3, -0.25) is 14.5 Å². The van der Waals surface area contributed by atoms with Crippen LogP contribution >= 0.6 is 0 Å². The molecule has 1 heterocycles. The zero-order valence-electron chi connectivity index (χ0n) is 15.3. The van der Waals surface area contributed by atoms with Gasteiger partial charge in [0.2, 0.25) is 11.8 Å². The first kappa shape index (κ1) is 16.5. The maximum absolute atomic E-state index is 13.1. The van der Waals surface area contributed by atoms with Gasteiger partial charge in [-0.2, -0.15) is 0 Å². The van der Waals surface area contributed by atoms with Gasteiger partial charge in [0, 0.05) is 18.3 Å². The van der Waals surface area contributed by atoms with E-state index in [2.05, 4.69) is 29.6 Å². The van der Waals surface area contributed by atoms with E-state index >= 15 is 0 Å². The molecule has 5 rings (SSSR count). The van der Waals surface area contributed by atoms with Gasteiger partial charge in [-0.25, -0.2) is 0 Å². The first-order chi connectivity index (χ1) is 13.2. The van der Waals surface area contributed by atoms with Crippen LogP contribution in [0.5, 0.6) is 0 Å². The van der Waals surface area contributed by atoms with E-state index in [1.165, 1.54) is 5.56 Å². The zero-order valence-corrected chi connectivity index (χ0v) is 15.3. The molecule has 0 radical (unpaired) electrons. The molecular weight excluding hydrogens is 336 g/mol. The fraction of sp³-hybridized carbons (Fsp3) is 0.391. The summed E-state index contributed by atoms with van der Waals surface area (Å²) >= 11 is 0. The number of carbonyl (C=O) groups excluding carboxylic acids is 2. The van der Waals surface area contributed by atoms with E-state index in [0.29, 0.717) is 6.54 Å². The molecular formula is C23H24N2O2. The first-order valence-electron chi connectivity index (χ1n) is 9.95. The van der Waals surface area contributed by atoms with E-state index in [0.717, 1.165) is 24.9 Å². The molecule has 138 valence electrons. The number of likely N-dealkylation sites (tertiary alicyclic amines) is 1. The predicted molar refractivity (Wildman–Crippen MR) is 104 cm³/mol. The van der Waals surface area contributed by atoms with Crippen molar-refractivity contribution in [1.29, 1.82) is 0 Å². The summed E-state index contributed by atoms with van der Waals surface area (Å²) in [5.74, 6) is 0.444. The second kappa shape index (κ2) is 6.52. The summed E-state index contributed by atoms with van der Waals surface area (Å²) in [5, 5.41) is 3.62. The van der Waals surface area contributed by atoms with Crippen molar-refractivity contribution in [3.05, 3.63) is 66.2 Å². The van der Waals surface area contributed by atoms with E-state index in [9.17, 15) is 9.59 Å². The van der Waals surface area contributed by atoms with Crippen LogP contribution in [0.4, 0.5) is 5.69 Å². The number of benzene rings is 2. The van der Waals surface area contributed by atoms with Gasteiger partial charge in [-0.15, -0.1) is 0 Å². The molecule has 2 bridgehead atoms. The summed E-state index contributed by atoms with van der Waals surface area (Å²) in [4.78, 5) is 27.7. The van der Waals surface area contributed by atoms with Gasteiger partial charge in [0.15, 0.2) is 0 Å². The van der Waals surface area contributed by atoms with Crippen LogP contribution in [0.15, 0.2) is 60.7 Å². The second-order valence-electron chi connectivity index (χ2n) is 8.06. The minimum atomic E-state index is -0.117. The highest BCUT2D eigenvalue weighted by molar-refractivity contribution is 6.06. The summed E-state index contributed by atoms with van der Waals surface area (Å²) in [7, 11) is 0. The van der Waals surface area contributed by atoms with Crippen LogP contribution in [0, 0.1) is 23.7 Å². The maximum atomic E-state index is 13.1. The molecule has 0 spiro atoms. The van der Waals surface area contributed by atoms with Crippen LogP contribution in [-0.2, 0) is 16.0 Å². The molecule has 1 saturated heterocycles. The molecule has 0 aromatic heterocycles. The van der Waals surface area contributed by atoms with E-state index in [1.54, 1.807) is 4.90 Å². The van der Waals surface area contributed by atoms with Gasteiger partial charge in [-0.1, -0.05) is 48.5 Å². The summed E-state index contributed by atoms with van der Waals surface area (Å²) in [5.41, 5.74) is 2.25. The maximum Gasteiger partial charge on any atom is 0.233 e. The Morgan fingerprint density at radius 3 is 1.96 bits per heavy atom. The lowest BCUT2D eigenvalue weighted by Crippen LogP contribution is -2.38. The van der Waals surface area contributed by atoms with Crippen molar-refractivity contribution in [2.75, 3.05) is 11.9 Å². The van der Waals surface area contributed by atoms with Gasteiger partial charge in [0.1, 0.15) is 0 Å². The van der Waals surface area contributed by atoms with Crippen LogP contribution in [0.2, 0.25) is 0 Å². The Hall–Kier alpha value is -2.62. The first-order valence-corrected chi connectivity index (χ1v) is 9.95. The van der Waals surface area contributed by atoms with Crippen molar-refractivity contribution < 1.29 is 9.59 Å². The number of carbonyl (C=O) groups is 2. The van der Waals surface area contributed by atoms with Crippen molar-refractivity contribution in [2.24, 2.45) is 23.7 Å². The average molecular weight is 360 g/mol. The van der Waals surface area contributed by atoms with E-state index in [4.69, 9.17) is 0 Å². The normalized spacial score (nSPS) is 31.4. The molecule has 4 heteroatoms. The van der Waals surface area contributed by atoms with Gasteiger partial charge in [0.05, 0.1) is 11.8 Å². The molecule has 2 saturated carbocycles. The zero-order chi connectivity index (χ0) is 18.4. The average Bonchev–Trinajstić information content (AvgIpc) is 3.32. The van der Waals surface area contributed by atoms with Crippen molar-refractivity contribution in [1.82, 2.24) is 4.90 Å². The molecule has 5 atom stereocenters. The number of fused-ring (bicyclic) bond motifs is 5. The van der Waals surface area contributed by atoms with Gasteiger partial charge in [-0.05, 0) is 48.8 Å². The Kier molecular flexibility index (Phi) is 4.00. The van der Waals surface area contributed by atoms with Crippen molar-refractivity contribution in [2.45, 2.75) is 25.3 Å². The SMILES string of the molecule is O=C1[C@@H]2[C@H](C(=O)N1CCc1ccccc1)[C@H]1CC[C@@H]2C1Nc1ccccc1. The Morgan fingerprint density at radius 2 is 1.37 bits per heavy atom. The molecule has 2 amide bonds. The molecule has 3 aliphatic rings. The number of nitrogens with zero attached hydrogens (tertiary/aromatic N) is 1. The number of imide groups is 1. The molecule has 1 aliphatic heterocycles. The minimum Gasteiger partial charge on any atom is -0.382 e. The quantitative estimate of drug-likeness (QED) is 0.832. The van der Waals surface area contributed by atoms with Crippen molar-refractivity contribution >= 4 is 17.5 Å². The highest BCUT2D eigenvalue weighted by Crippen LogP contribution is 2.57. The van der Waals surface area contributed by atoms with Crippen LogP contribution in [0.25, 0.3) is 0 Å². The fourth-order valence-electron chi connectivity index (χ4n) is 5.59. The van der Waals surface area contributed by atoms with Crippen LogP contribution < -0.4 is 5.32 Å². The monoisotopic (exact) mass is 360 g/mol. The Bertz CT molecular complexity index is 821. The van der Waals surface area contributed by atoms with E-state index < -0.39 is 0 Å². The standard InChI is InChI=1S/C23H24N2O2/c26-22-19-17-11-12-18(21(17)24-16-9-5-2-6-10-16)20(19)23(27)25(22)14-13-15-7-3-1-4-8-15/h1-10,17-21,24H,11-14H2/t17-,18+,19-,20+,21?. The third-order valence-electron chi connectivity index (χ3n) is 6.74. The number of para-hydroxylation sites is 1. The Balaban J connectivity index is 1.32. The number of amides is 2. The molecule has 1 unspecified atom stereocenters. The third-order valence-corrected chi connectivity index (χ3v) is 6.74. The molecule has 2 aliphatic carbocycles. The lowest BCUT2D eigenvalue weighted by atomic mass is 9.81. The Morgan fingerprint density at radius 1 is 0.815 bits per heavy atom. The largest absolute Gasteiger partial charge is 0.382 e. The lowest BCUT2D eigenvalue weighted by molar-refractivity contribution is -0.140. The van der Waals surface area contributed by atoms with E-state index in [1.807, 2.05) is 36.4 Å². The van der Waals surface area contributed by atoms with Gasteiger partial charge < -0.3 is 5.32 Å². The molecule has 1 N–H and O–H groups in total. The number of hydrogen-bond donors (Lipinski definition) is 1. The summed E-state index contributed by atoms with van der Waals surface area (Å²) in [6, 6.07) is 20.5. The highest BCUT2D eigenvalue weighted by atomic mass is 16.2. The summed E-state index contributed by atoms with van der Waals surface area (Å²) in [6.07, 6.45) is 2.82. The molecule has 4 nitrogen and oxygen atoms in total. The number of anilines is 1. The van der Waals surface area contributed by atoms with Gasteiger partial charge in [0.25, 0.3) is 0 Å². The van der Waals surface area contributed by atoms with Gasteiger partial charge >= 0.3 is 0 Å². The minimum absolute atomic E-state index is 0.0630. The van der Waals surface area contributed by atoms with Crippen molar-refractivity contribution in [3.8, 4) is 0 Å². The smallest absolute Gasteiger partial charge is 0.233 e. The molecule has 27 heavy (non-hydrogen) atoms. The second-order valence-corrected chi connectivity index (χ2v) is 8.06. The predicted octanol–water partition coefficient (Wildman–Crippen LogP) is 3.35.